The second kappa shape index (κ2) is 4.86. The van der Waals surface area contributed by atoms with E-state index in [0.717, 1.165) is 16.9 Å². The van der Waals surface area contributed by atoms with E-state index >= 15 is 0 Å². The molecule has 0 radical (unpaired) electrons. The molecular weight excluding hydrogens is 250 g/mol. The van der Waals surface area contributed by atoms with Crippen LogP contribution in [0.5, 0.6) is 0 Å². The quantitative estimate of drug-likeness (QED) is 0.768. The minimum absolute atomic E-state index is 0.598. The standard InChI is InChI=1S/C15H11N5/c16-7-11-2-1-3-12(6-11)20-10-19-9-15(20)13-8-18-5-4-14(13)17/h1-6,8-10H,(H2,17,18). The van der Waals surface area contributed by atoms with Crippen molar-refractivity contribution in [3.05, 3.63) is 60.8 Å². The van der Waals surface area contributed by atoms with Gasteiger partial charge in [0.1, 0.15) is 0 Å². The van der Waals surface area contributed by atoms with Gasteiger partial charge in [0.2, 0.25) is 0 Å². The molecule has 0 aliphatic heterocycles. The lowest BCUT2D eigenvalue weighted by atomic mass is 10.1. The highest BCUT2D eigenvalue weighted by Crippen LogP contribution is 2.26. The first-order valence-electron chi connectivity index (χ1n) is 6.02. The lowest BCUT2D eigenvalue weighted by Gasteiger charge is -2.09. The fourth-order valence-electron chi connectivity index (χ4n) is 2.04. The summed E-state index contributed by atoms with van der Waals surface area (Å²) in [7, 11) is 0. The van der Waals surface area contributed by atoms with Gasteiger partial charge in [0.05, 0.1) is 29.9 Å². The Kier molecular flexibility index (Phi) is 2.90. The van der Waals surface area contributed by atoms with Crippen LogP contribution in [0.3, 0.4) is 0 Å². The number of anilines is 1. The van der Waals surface area contributed by atoms with Crippen molar-refractivity contribution in [2.45, 2.75) is 0 Å². The summed E-state index contributed by atoms with van der Waals surface area (Å²) in [4.78, 5) is 8.26. The van der Waals surface area contributed by atoms with Gasteiger partial charge in [-0.2, -0.15) is 5.26 Å². The molecule has 3 aromatic rings. The summed E-state index contributed by atoms with van der Waals surface area (Å²) < 4.78 is 1.88. The van der Waals surface area contributed by atoms with Crippen LogP contribution in [0.2, 0.25) is 0 Å². The number of pyridine rings is 1. The monoisotopic (exact) mass is 261 g/mol. The van der Waals surface area contributed by atoms with Gasteiger partial charge in [-0.25, -0.2) is 4.98 Å². The topological polar surface area (TPSA) is 80.5 Å². The van der Waals surface area contributed by atoms with Crippen molar-refractivity contribution >= 4 is 5.69 Å². The lowest BCUT2D eigenvalue weighted by Crippen LogP contribution is -1.98. The van der Waals surface area contributed by atoms with Crippen LogP contribution < -0.4 is 5.73 Å². The maximum atomic E-state index is 8.99. The highest BCUT2D eigenvalue weighted by atomic mass is 15.1. The van der Waals surface area contributed by atoms with Gasteiger partial charge in [-0.15, -0.1) is 0 Å². The average Bonchev–Trinajstić information content (AvgIpc) is 2.97. The van der Waals surface area contributed by atoms with Crippen LogP contribution in [0, 0.1) is 11.3 Å². The van der Waals surface area contributed by atoms with Gasteiger partial charge in [0, 0.05) is 29.3 Å². The van der Waals surface area contributed by atoms with E-state index in [1.165, 1.54) is 0 Å². The number of nitrogens with two attached hydrogens (primary N) is 1. The number of imidazole rings is 1. The maximum Gasteiger partial charge on any atom is 0.0997 e. The number of hydrogen-bond acceptors (Lipinski definition) is 4. The predicted molar refractivity (Wildman–Crippen MR) is 75.9 cm³/mol. The molecule has 20 heavy (non-hydrogen) atoms. The molecule has 2 N–H and O–H groups in total. The number of nitrogens with zero attached hydrogens (tertiary/aromatic N) is 4. The fourth-order valence-corrected chi connectivity index (χ4v) is 2.04. The Morgan fingerprint density at radius 1 is 1.15 bits per heavy atom. The molecule has 0 aliphatic rings. The third kappa shape index (κ3) is 1.99. The molecule has 0 bridgehead atoms. The molecule has 0 unspecified atom stereocenters. The van der Waals surface area contributed by atoms with Gasteiger partial charge in [-0.05, 0) is 24.3 Å². The van der Waals surface area contributed by atoms with Crippen LogP contribution in [0.1, 0.15) is 5.56 Å². The Balaban J connectivity index is 2.16. The Labute approximate surface area is 116 Å². The molecule has 0 spiro atoms. The summed E-state index contributed by atoms with van der Waals surface area (Å²) in [6.45, 7) is 0. The first-order chi connectivity index (χ1) is 9.79. The lowest BCUT2D eigenvalue weighted by molar-refractivity contribution is 1.06. The highest BCUT2D eigenvalue weighted by molar-refractivity contribution is 5.73. The number of hydrogen-bond donors (Lipinski definition) is 1. The first-order valence-corrected chi connectivity index (χ1v) is 6.02. The highest BCUT2D eigenvalue weighted by Gasteiger charge is 2.10. The van der Waals surface area contributed by atoms with Gasteiger partial charge < -0.3 is 5.73 Å². The summed E-state index contributed by atoms with van der Waals surface area (Å²) >= 11 is 0. The van der Waals surface area contributed by atoms with E-state index in [4.69, 9.17) is 11.0 Å². The van der Waals surface area contributed by atoms with Crippen molar-refractivity contribution in [2.24, 2.45) is 0 Å². The largest absolute Gasteiger partial charge is 0.398 e. The summed E-state index contributed by atoms with van der Waals surface area (Å²) in [6.07, 6.45) is 6.78. The molecular formula is C15H11N5. The molecule has 5 heteroatoms. The molecule has 0 saturated carbocycles. The first kappa shape index (κ1) is 11.9. The zero-order valence-electron chi connectivity index (χ0n) is 10.6. The second-order valence-corrected chi connectivity index (χ2v) is 4.27. The summed E-state index contributed by atoms with van der Waals surface area (Å²) in [5.74, 6) is 0. The van der Waals surface area contributed by atoms with Crippen molar-refractivity contribution in [2.75, 3.05) is 5.73 Å². The van der Waals surface area contributed by atoms with Gasteiger partial charge in [-0.3, -0.25) is 9.55 Å². The zero-order valence-corrected chi connectivity index (χ0v) is 10.6. The van der Waals surface area contributed by atoms with E-state index in [0.29, 0.717) is 11.3 Å². The van der Waals surface area contributed by atoms with Crippen LogP contribution in [0.15, 0.2) is 55.2 Å². The minimum atomic E-state index is 0.598. The number of rotatable bonds is 2. The van der Waals surface area contributed by atoms with Gasteiger partial charge in [0.15, 0.2) is 0 Å². The summed E-state index contributed by atoms with van der Waals surface area (Å²) in [6, 6.07) is 11.2. The molecule has 2 heterocycles. The van der Waals surface area contributed by atoms with Crippen LogP contribution in [-0.2, 0) is 0 Å². The molecule has 5 nitrogen and oxygen atoms in total. The molecule has 0 fully saturated rings. The van der Waals surface area contributed by atoms with E-state index in [9.17, 15) is 0 Å². The normalized spacial score (nSPS) is 10.2. The average molecular weight is 261 g/mol. The van der Waals surface area contributed by atoms with Crippen molar-refractivity contribution in [3.8, 4) is 23.0 Å². The van der Waals surface area contributed by atoms with E-state index in [1.807, 2.05) is 16.7 Å². The zero-order chi connectivity index (χ0) is 13.9. The van der Waals surface area contributed by atoms with Crippen LogP contribution in [-0.4, -0.2) is 14.5 Å². The summed E-state index contributed by atoms with van der Waals surface area (Å²) in [5, 5.41) is 8.99. The van der Waals surface area contributed by atoms with Gasteiger partial charge in [-0.1, -0.05) is 6.07 Å². The van der Waals surface area contributed by atoms with E-state index in [2.05, 4.69) is 16.0 Å². The molecule has 0 saturated heterocycles. The Hall–Kier alpha value is -3.13. The Bertz CT molecular complexity index is 798. The molecule has 96 valence electrons. The van der Waals surface area contributed by atoms with E-state index in [1.54, 1.807) is 43.1 Å². The van der Waals surface area contributed by atoms with Gasteiger partial charge in [0.25, 0.3) is 0 Å². The fraction of sp³-hybridized carbons (Fsp3) is 0. The number of benzene rings is 1. The van der Waals surface area contributed by atoms with Crippen molar-refractivity contribution in [1.82, 2.24) is 14.5 Å². The van der Waals surface area contributed by atoms with E-state index in [-0.39, 0.29) is 0 Å². The Morgan fingerprint density at radius 3 is 2.85 bits per heavy atom. The SMILES string of the molecule is N#Cc1cccc(-n2cncc2-c2cnccc2N)c1. The van der Waals surface area contributed by atoms with Crippen LogP contribution >= 0.6 is 0 Å². The van der Waals surface area contributed by atoms with Crippen LogP contribution in [0.4, 0.5) is 5.69 Å². The number of nitrogen functional groups attached to an aromatic ring is 1. The minimum Gasteiger partial charge on any atom is -0.398 e. The molecule has 0 aliphatic carbocycles. The van der Waals surface area contributed by atoms with Gasteiger partial charge >= 0.3 is 0 Å². The maximum absolute atomic E-state index is 8.99. The predicted octanol–water partition coefficient (Wildman–Crippen LogP) is 2.39. The smallest absolute Gasteiger partial charge is 0.0997 e. The Morgan fingerprint density at radius 2 is 2.05 bits per heavy atom. The molecule has 2 aromatic heterocycles. The van der Waals surface area contributed by atoms with Crippen molar-refractivity contribution in [3.63, 3.8) is 0 Å². The third-order valence-electron chi connectivity index (χ3n) is 3.02. The molecule has 1 aromatic carbocycles. The molecule has 0 amide bonds. The number of aromatic nitrogens is 3. The second-order valence-electron chi connectivity index (χ2n) is 4.27. The van der Waals surface area contributed by atoms with Crippen molar-refractivity contribution < 1.29 is 0 Å². The van der Waals surface area contributed by atoms with Crippen molar-refractivity contribution in [1.29, 1.82) is 5.26 Å². The third-order valence-corrected chi connectivity index (χ3v) is 3.02. The number of nitriles is 1. The molecule has 3 rings (SSSR count). The van der Waals surface area contributed by atoms with Crippen LogP contribution in [0.25, 0.3) is 16.9 Å². The summed E-state index contributed by atoms with van der Waals surface area (Å²) in [5.41, 5.74) is 9.73. The van der Waals surface area contributed by atoms with E-state index < -0.39 is 0 Å². The molecule has 0 atom stereocenters.